The van der Waals surface area contributed by atoms with Crippen molar-refractivity contribution in [3.8, 4) is 0 Å². The first kappa shape index (κ1) is 10.0. The molecule has 5 heteroatoms. The van der Waals surface area contributed by atoms with E-state index in [1.54, 1.807) is 11.3 Å². The van der Waals surface area contributed by atoms with Gasteiger partial charge in [0.1, 0.15) is 0 Å². The lowest BCUT2D eigenvalue weighted by atomic mass is 9.93. The van der Waals surface area contributed by atoms with Crippen LogP contribution >= 0.6 is 11.3 Å². The van der Waals surface area contributed by atoms with Crippen molar-refractivity contribution in [2.24, 2.45) is 11.8 Å². The van der Waals surface area contributed by atoms with Crippen LogP contribution in [-0.2, 0) is 4.74 Å². The number of hydrogen-bond donors (Lipinski definition) is 2. The largest absolute Gasteiger partial charge is 0.378 e. The molecule has 3 N–H and O–H groups in total. The fourth-order valence-electron chi connectivity index (χ4n) is 1.98. The molecule has 3 atom stereocenters. The van der Waals surface area contributed by atoms with Gasteiger partial charge in [-0.25, -0.2) is 0 Å². The summed E-state index contributed by atoms with van der Waals surface area (Å²) in [6.45, 7) is 2.94. The van der Waals surface area contributed by atoms with E-state index in [9.17, 15) is 0 Å². The molecular formula is C9H15N3OS. The van der Waals surface area contributed by atoms with Crippen LogP contribution in [0.4, 0.5) is 0 Å². The van der Waals surface area contributed by atoms with Gasteiger partial charge in [-0.1, -0.05) is 0 Å². The number of nitrogens with two attached hydrogens (primary N) is 1. The number of hydrazine groups is 1. The molecule has 0 aromatic carbocycles. The number of ether oxygens (including phenoxy) is 1. The molecule has 0 radical (unpaired) electrons. The molecule has 3 unspecified atom stereocenters. The lowest BCUT2D eigenvalue weighted by molar-refractivity contribution is 0.0957. The fourth-order valence-corrected chi connectivity index (χ4v) is 2.74. The molecule has 1 fully saturated rings. The van der Waals surface area contributed by atoms with E-state index in [1.807, 2.05) is 11.7 Å². The number of hydrogen-bond acceptors (Lipinski definition) is 5. The van der Waals surface area contributed by atoms with Crippen molar-refractivity contribution in [1.82, 2.24) is 10.4 Å². The van der Waals surface area contributed by atoms with Crippen molar-refractivity contribution in [1.29, 1.82) is 0 Å². The predicted octanol–water partition coefficient (Wildman–Crippen LogP) is 1.07. The number of nitrogens with one attached hydrogen (secondary N) is 1. The van der Waals surface area contributed by atoms with E-state index in [1.165, 1.54) is 4.88 Å². The summed E-state index contributed by atoms with van der Waals surface area (Å²) in [4.78, 5) is 5.26. The van der Waals surface area contributed by atoms with Crippen molar-refractivity contribution in [3.63, 3.8) is 0 Å². The first-order valence-electron chi connectivity index (χ1n) is 4.79. The van der Waals surface area contributed by atoms with E-state index in [2.05, 4.69) is 17.3 Å². The van der Waals surface area contributed by atoms with E-state index in [0.717, 1.165) is 13.0 Å². The molecule has 0 saturated carbocycles. The molecular weight excluding hydrogens is 198 g/mol. The van der Waals surface area contributed by atoms with E-state index in [0.29, 0.717) is 5.92 Å². The maximum Gasteiger partial charge on any atom is 0.0794 e. The number of aromatic nitrogens is 1. The predicted molar refractivity (Wildman–Crippen MR) is 55.7 cm³/mol. The van der Waals surface area contributed by atoms with Crippen molar-refractivity contribution in [3.05, 3.63) is 16.6 Å². The van der Waals surface area contributed by atoms with Gasteiger partial charge in [-0.2, -0.15) is 0 Å². The SMILES string of the molecule is CC1OCCC1C(NN)c1cncs1. The molecule has 0 bridgehead atoms. The minimum Gasteiger partial charge on any atom is -0.378 e. The number of rotatable bonds is 3. The molecule has 1 aromatic heterocycles. The molecule has 2 heterocycles. The van der Waals surface area contributed by atoms with Gasteiger partial charge in [-0.05, 0) is 13.3 Å². The third-order valence-electron chi connectivity index (χ3n) is 2.80. The maximum absolute atomic E-state index is 5.58. The second-order valence-corrected chi connectivity index (χ2v) is 4.49. The number of nitrogens with zero attached hydrogens (tertiary/aromatic N) is 1. The van der Waals surface area contributed by atoms with Gasteiger partial charge in [0.15, 0.2) is 0 Å². The molecule has 78 valence electrons. The molecule has 1 aliphatic rings. The van der Waals surface area contributed by atoms with Crippen LogP contribution in [0, 0.1) is 5.92 Å². The summed E-state index contributed by atoms with van der Waals surface area (Å²) in [6, 6.07) is 0.181. The quantitative estimate of drug-likeness (QED) is 0.582. The Labute approximate surface area is 87.4 Å². The third kappa shape index (κ3) is 1.81. The van der Waals surface area contributed by atoms with Crippen LogP contribution in [0.5, 0.6) is 0 Å². The Morgan fingerprint density at radius 2 is 2.64 bits per heavy atom. The zero-order chi connectivity index (χ0) is 9.97. The summed E-state index contributed by atoms with van der Waals surface area (Å²) in [5, 5.41) is 0. The van der Waals surface area contributed by atoms with E-state index >= 15 is 0 Å². The second kappa shape index (κ2) is 4.35. The average Bonchev–Trinajstić information content (AvgIpc) is 2.80. The smallest absolute Gasteiger partial charge is 0.0794 e. The van der Waals surface area contributed by atoms with E-state index < -0.39 is 0 Å². The van der Waals surface area contributed by atoms with Gasteiger partial charge in [-0.3, -0.25) is 16.3 Å². The van der Waals surface area contributed by atoms with Crippen molar-refractivity contribution >= 4 is 11.3 Å². The fraction of sp³-hybridized carbons (Fsp3) is 0.667. The Hall–Kier alpha value is -0.490. The van der Waals surface area contributed by atoms with Crippen LogP contribution in [0.3, 0.4) is 0 Å². The van der Waals surface area contributed by atoms with Crippen molar-refractivity contribution in [2.75, 3.05) is 6.61 Å². The lowest BCUT2D eigenvalue weighted by Crippen LogP contribution is -2.35. The molecule has 1 aromatic rings. The topological polar surface area (TPSA) is 60.2 Å². The van der Waals surface area contributed by atoms with Crippen molar-refractivity contribution in [2.45, 2.75) is 25.5 Å². The zero-order valence-corrected chi connectivity index (χ0v) is 8.96. The monoisotopic (exact) mass is 213 g/mol. The first-order chi connectivity index (χ1) is 6.83. The van der Waals surface area contributed by atoms with E-state index in [-0.39, 0.29) is 12.1 Å². The van der Waals surface area contributed by atoms with Gasteiger partial charge >= 0.3 is 0 Å². The molecule has 0 aliphatic carbocycles. The highest BCUT2D eigenvalue weighted by atomic mass is 32.1. The molecule has 0 spiro atoms. The van der Waals surface area contributed by atoms with E-state index in [4.69, 9.17) is 10.6 Å². The van der Waals surface area contributed by atoms with Gasteiger partial charge in [0, 0.05) is 23.6 Å². The van der Waals surface area contributed by atoms with Gasteiger partial charge < -0.3 is 4.74 Å². The van der Waals surface area contributed by atoms with Crippen LogP contribution in [0.1, 0.15) is 24.3 Å². The Balaban J connectivity index is 2.13. The average molecular weight is 213 g/mol. The minimum atomic E-state index is 0.181. The Morgan fingerprint density at radius 1 is 1.79 bits per heavy atom. The molecule has 1 aliphatic heterocycles. The molecule has 4 nitrogen and oxygen atoms in total. The third-order valence-corrected chi connectivity index (χ3v) is 3.66. The summed E-state index contributed by atoms with van der Waals surface area (Å²) in [7, 11) is 0. The summed E-state index contributed by atoms with van der Waals surface area (Å²) in [5.74, 6) is 6.04. The van der Waals surface area contributed by atoms with Gasteiger partial charge in [0.2, 0.25) is 0 Å². The summed E-state index contributed by atoms with van der Waals surface area (Å²) in [5.41, 5.74) is 4.70. The van der Waals surface area contributed by atoms with Crippen molar-refractivity contribution < 1.29 is 4.74 Å². The maximum atomic E-state index is 5.58. The summed E-state index contributed by atoms with van der Waals surface area (Å²) in [6.07, 6.45) is 3.21. The van der Waals surface area contributed by atoms with Crippen LogP contribution in [0.25, 0.3) is 0 Å². The van der Waals surface area contributed by atoms with Crippen LogP contribution in [-0.4, -0.2) is 17.7 Å². The van der Waals surface area contributed by atoms with Gasteiger partial charge in [0.05, 0.1) is 17.7 Å². The first-order valence-corrected chi connectivity index (χ1v) is 5.67. The standard InChI is InChI=1S/C9H15N3OS/c1-6-7(2-3-13-6)9(12-10)8-4-11-5-14-8/h4-7,9,12H,2-3,10H2,1H3. The molecule has 2 rings (SSSR count). The molecule has 1 saturated heterocycles. The second-order valence-electron chi connectivity index (χ2n) is 3.58. The van der Waals surface area contributed by atoms with Gasteiger partial charge in [0.25, 0.3) is 0 Å². The normalized spacial score (nSPS) is 29.3. The highest BCUT2D eigenvalue weighted by molar-refractivity contribution is 7.09. The zero-order valence-electron chi connectivity index (χ0n) is 8.14. The minimum absolute atomic E-state index is 0.181. The molecule has 0 amide bonds. The summed E-state index contributed by atoms with van der Waals surface area (Å²) < 4.78 is 5.53. The Morgan fingerprint density at radius 3 is 3.14 bits per heavy atom. The van der Waals surface area contributed by atoms with Crippen LogP contribution in [0.2, 0.25) is 0 Å². The highest BCUT2D eigenvalue weighted by Gasteiger charge is 2.32. The van der Waals surface area contributed by atoms with Crippen LogP contribution in [0.15, 0.2) is 11.7 Å². The highest BCUT2D eigenvalue weighted by Crippen LogP contribution is 2.33. The Bertz CT molecular complexity index is 278. The lowest BCUT2D eigenvalue weighted by Gasteiger charge is -2.23. The number of thiazole rings is 1. The molecule has 14 heavy (non-hydrogen) atoms. The van der Waals surface area contributed by atoms with Gasteiger partial charge in [-0.15, -0.1) is 11.3 Å². The summed E-state index contributed by atoms with van der Waals surface area (Å²) >= 11 is 1.64. The van der Waals surface area contributed by atoms with Crippen LogP contribution < -0.4 is 11.3 Å². The Kier molecular flexibility index (Phi) is 3.12.